The molecule has 1 N–H and O–H groups in total. The third kappa shape index (κ3) is 3.29. The molecule has 2 atom stereocenters. The largest absolute Gasteiger partial charge is 0.388 e. The average Bonchev–Trinajstić information content (AvgIpc) is 2.50. The molecule has 3 rings (SSSR count). The molecule has 1 aromatic carbocycles. The molecule has 1 aliphatic rings. The van der Waals surface area contributed by atoms with Gasteiger partial charge in [-0.2, -0.15) is 14.4 Å². The summed E-state index contributed by atoms with van der Waals surface area (Å²) >= 11 is 9.19. The van der Waals surface area contributed by atoms with E-state index in [0.717, 1.165) is 0 Å². The lowest BCUT2D eigenvalue weighted by Crippen LogP contribution is -2.61. The highest BCUT2D eigenvalue weighted by Gasteiger charge is 2.47. The zero-order valence-electron chi connectivity index (χ0n) is 15.1. The second-order valence-electron chi connectivity index (χ2n) is 8.12. The maximum atomic E-state index is 14.6. The molecule has 1 fully saturated rings. The topological polar surface area (TPSA) is 49.2 Å². The molecule has 0 bridgehead atoms. The number of hydrogen-bond acceptors (Lipinski definition) is 4. The van der Waals surface area contributed by atoms with E-state index in [1.807, 2.05) is 25.7 Å². The predicted octanol–water partition coefficient (Wildman–Crippen LogP) is 5.09. The summed E-state index contributed by atoms with van der Waals surface area (Å²) in [5, 5.41) is 11.5. The number of nitrogens with zero attached hydrogens (tertiary/aromatic N) is 3. The molecule has 0 amide bonds. The SMILES string of the molecule is CC(C)(C)[C@H]1N(c2nc(F)nc3c(F)c(Br)c(Cl)cc23)CCCC1(C)O. The Hall–Kier alpha value is -1.05. The Morgan fingerprint density at radius 1 is 1.35 bits per heavy atom. The Labute approximate surface area is 164 Å². The van der Waals surface area contributed by atoms with Gasteiger partial charge in [0.1, 0.15) is 11.3 Å². The summed E-state index contributed by atoms with van der Waals surface area (Å²) in [5.41, 5.74) is -1.46. The fourth-order valence-corrected chi connectivity index (χ4v) is 4.68. The van der Waals surface area contributed by atoms with E-state index in [1.165, 1.54) is 6.07 Å². The number of aromatic nitrogens is 2. The molecule has 142 valence electrons. The van der Waals surface area contributed by atoms with E-state index in [4.69, 9.17) is 11.6 Å². The lowest BCUT2D eigenvalue weighted by molar-refractivity contribution is -0.0290. The van der Waals surface area contributed by atoms with E-state index in [1.54, 1.807) is 6.92 Å². The summed E-state index contributed by atoms with van der Waals surface area (Å²) < 4.78 is 28.8. The van der Waals surface area contributed by atoms with E-state index in [-0.39, 0.29) is 32.3 Å². The fourth-order valence-electron chi connectivity index (χ4n) is 4.19. The van der Waals surface area contributed by atoms with Gasteiger partial charge >= 0.3 is 6.08 Å². The van der Waals surface area contributed by atoms with Crippen molar-refractivity contribution in [3.8, 4) is 0 Å². The number of aliphatic hydroxyl groups is 1. The van der Waals surface area contributed by atoms with Crippen LogP contribution in [0.25, 0.3) is 10.9 Å². The molecule has 8 heteroatoms. The Kier molecular flexibility index (Phi) is 4.95. The van der Waals surface area contributed by atoms with Crippen LogP contribution in [0.4, 0.5) is 14.6 Å². The van der Waals surface area contributed by atoms with Gasteiger partial charge in [0.25, 0.3) is 0 Å². The summed E-state index contributed by atoms with van der Waals surface area (Å²) in [5.74, 6) is -0.480. The van der Waals surface area contributed by atoms with Crippen LogP contribution in [0.2, 0.25) is 5.02 Å². The monoisotopic (exact) mass is 447 g/mol. The standard InChI is InChI=1S/C18H21BrClF2N3O/c1-17(2,3)15-18(4,26)6-5-7-25(15)14-9-8-10(20)11(19)12(21)13(9)23-16(22)24-14/h8,15,26H,5-7H2,1-4H3/t15-,18?/m1/s1. The molecule has 1 aromatic heterocycles. The van der Waals surface area contributed by atoms with Crippen molar-refractivity contribution in [1.82, 2.24) is 9.97 Å². The minimum atomic E-state index is -1.02. The first kappa shape index (κ1) is 19.7. The minimum Gasteiger partial charge on any atom is -0.388 e. The van der Waals surface area contributed by atoms with Crippen LogP contribution < -0.4 is 4.90 Å². The number of hydrogen-bond donors (Lipinski definition) is 1. The van der Waals surface area contributed by atoms with Gasteiger partial charge in [0.15, 0.2) is 5.82 Å². The molecule has 1 aliphatic heterocycles. The number of anilines is 1. The molecule has 1 saturated heterocycles. The summed E-state index contributed by atoms with van der Waals surface area (Å²) in [6.07, 6.45) is 0.315. The van der Waals surface area contributed by atoms with Crippen LogP contribution in [0.15, 0.2) is 10.5 Å². The van der Waals surface area contributed by atoms with Crippen molar-refractivity contribution >= 4 is 44.3 Å². The first-order valence-corrected chi connectivity index (χ1v) is 9.60. The zero-order valence-corrected chi connectivity index (χ0v) is 17.4. The van der Waals surface area contributed by atoms with Crippen LogP contribution in [0.3, 0.4) is 0 Å². The van der Waals surface area contributed by atoms with Gasteiger partial charge in [-0.1, -0.05) is 32.4 Å². The van der Waals surface area contributed by atoms with E-state index in [0.29, 0.717) is 24.8 Å². The smallest absolute Gasteiger partial charge is 0.311 e. The molecule has 0 saturated carbocycles. The van der Waals surface area contributed by atoms with Crippen molar-refractivity contribution in [2.24, 2.45) is 5.41 Å². The Morgan fingerprint density at radius 3 is 2.62 bits per heavy atom. The van der Waals surface area contributed by atoms with Crippen LogP contribution in [-0.2, 0) is 0 Å². The predicted molar refractivity (Wildman–Crippen MR) is 103 cm³/mol. The molecule has 26 heavy (non-hydrogen) atoms. The van der Waals surface area contributed by atoms with E-state index >= 15 is 0 Å². The quantitative estimate of drug-likeness (QED) is 0.488. The number of piperidine rings is 1. The molecular weight excluding hydrogens is 428 g/mol. The summed E-state index contributed by atoms with van der Waals surface area (Å²) in [7, 11) is 0. The van der Waals surface area contributed by atoms with Crippen molar-refractivity contribution in [1.29, 1.82) is 0 Å². The second kappa shape index (κ2) is 6.53. The molecule has 0 spiro atoms. The molecule has 2 heterocycles. The minimum absolute atomic E-state index is 0.0359. The van der Waals surface area contributed by atoms with Gasteiger partial charge in [-0.25, -0.2) is 4.39 Å². The van der Waals surface area contributed by atoms with Gasteiger partial charge in [-0.3, -0.25) is 0 Å². The van der Waals surface area contributed by atoms with Crippen molar-refractivity contribution in [2.45, 2.75) is 52.2 Å². The van der Waals surface area contributed by atoms with Crippen LogP contribution >= 0.6 is 27.5 Å². The number of halogens is 4. The first-order chi connectivity index (χ1) is 11.9. The number of benzene rings is 1. The average molecular weight is 449 g/mol. The van der Waals surface area contributed by atoms with Crippen molar-refractivity contribution in [3.05, 3.63) is 27.5 Å². The normalized spacial score (nSPS) is 24.3. The summed E-state index contributed by atoms with van der Waals surface area (Å²) in [4.78, 5) is 9.45. The maximum Gasteiger partial charge on any atom is 0.311 e. The van der Waals surface area contributed by atoms with Crippen molar-refractivity contribution in [2.75, 3.05) is 11.4 Å². The van der Waals surface area contributed by atoms with Crippen LogP contribution in [0, 0.1) is 17.3 Å². The molecular formula is C18H21BrClF2N3O. The number of fused-ring (bicyclic) bond motifs is 1. The van der Waals surface area contributed by atoms with Gasteiger partial charge in [-0.15, -0.1) is 0 Å². The lowest BCUT2D eigenvalue weighted by Gasteiger charge is -2.52. The van der Waals surface area contributed by atoms with Crippen LogP contribution in [-0.4, -0.2) is 33.3 Å². The highest BCUT2D eigenvalue weighted by Crippen LogP contribution is 2.43. The Balaban J connectivity index is 2.29. The summed E-state index contributed by atoms with van der Waals surface area (Å²) in [6.45, 7) is 8.37. The molecule has 1 unspecified atom stereocenters. The second-order valence-corrected chi connectivity index (χ2v) is 9.32. The van der Waals surface area contributed by atoms with Gasteiger partial charge in [0, 0.05) is 11.9 Å². The Morgan fingerprint density at radius 2 is 2.00 bits per heavy atom. The lowest BCUT2D eigenvalue weighted by atomic mass is 9.72. The summed E-state index contributed by atoms with van der Waals surface area (Å²) in [6, 6.07) is 1.19. The third-order valence-electron chi connectivity index (χ3n) is 4.85. The first-order valence-electron chi connectivity index (χ1n) is 8.43. The van der Waals surface area contributed by atoms with E-state index in [2.05, 4.69) is 25.9 Å². The van der Waals surface area contributed by atoms with Crippen molar-refractivity contribution in [3.63, 3.8) is 0 Å². The van der Waals surface area contributed by atoms with Gasteiger partial charge in [0.2, 0.25) is 0 Å². The zero-order chi connectivity index (χ0) is 19.4. The van der Waals surface area contributed by atoms with Crippen LogP contribution in [0.5, 0.6) is 0 Å². The molecule has 2 aromatic rings. The van der Waals surface area contributed by atoms with Gasteiger partial charge in [0.05, 0.1) is 21.1 Å². The third-order valence-corrected chi connectivity index (χ3v) is 6.16. The molecule has 0 aliphatic carbocycles. The Bertz CT molecular complexity index is 870. The van der Waals surface area contributed by atoms with Crippen molar-refractivity contribution < 1.29 is 13.9 Å². The van der Waals surface area contributed by atoms with E-state index < -0.39 is 17.5 Å². The molecule has 0 radical (unpaired) electrons. The van der Waals surface area contributed by atoms with Gasteiger partial charge < -0.3 is 10.0 Å². The molecule has 4 nitrogen and oxygen atoms in total. The van der Waals surface area contributed by atoms with Crippen LogP contribution in [0.1, 0.15) is 40.5 Å². The number of rotatable bonds is 1. The highest BCUT2D eigenvalue weighted by atomic mass is 79.9. The van der Waals surface area contributed by atoms with E-state index in [9.17, 15) is 13.9 Å². The highest BCUT2D eigenvalue weighted by molar-refractivity contribution is 9.10. The maximum absolute atomic E-state index is 14.6. The fraction of sp³-hybridized carbons (Fsp3) is 0.556. The van der Waals surface area contributed by atoms with Gasteiger partial charge in [-0.05, 0) is 47.2 Å².